The monoisotopic (exact) mass is 642 g/mol. The second-order valence-electron chi connectivity index (χ2n) is 13.2. The molecule has 9 heteroatoms. The molecule has 252 valence electrons. The van der Waals surface area contributed by atoms with Crippen molar-refractivity contribution in [3.05, 3.63) is 85.5 Å². The lowest BCUT2D eigenvalue weighted by atomic mass is 9.70. The maximum Gasteiger partial charge on any atom is 0.253 e. The number of fused-ring (bicyclic) bond motifs is 1. The molecule has 0 saturated carbocycles. The van der Waals surface area contributed by atoms with Crippen molar-refractivity contribution >= 4 is 29.1 Å². The van der Waals surface area contributed by atoms with Crippen molar-refractivity contribution in [3.8, 4) is 0 Å². The highest BCUT2D eigenvalue weighted by molar-refractivity contribution is 6.05. The Morgan fingerprint density at radius 1 is 1.00 bits per heavy atom. The Bertz CT molecular complexity index is 1440. The van der Waals surface area contributed by atoms with Crippen LogP contribution in [0.3, 0.4) is 0 Å². The molecule has 0 aliphatic carbocycles. The summed E-state index contributed by atoms with van der Waals surface area (Å²) in [6.45, 7) is 18.2. The number of anilines is 2. The molecule has 3 aliphatic rings. The van der Waals surface area contributed by atoms with Gasteiger partial charge in [-0.25, -0.2) is 0 Å². The quantitative estimate of drug-likeness (QED) is 0.284. The summed E-state index contributed by atoms with van der Waals surface area (Å²) in [4.78, 5) is 51.3. The summed E-state index contributed by atoms with van der Waals surface area (Å²) in [6, 6.07) is 16.0. The summed E-state index contributed by atoms with van der Waals surface area (Å²) >= 11 is 0. The van der Waals surface area contributed by atoms with Gasteiger partial charge in [-0.15, -0.1) is 13.2 Å². The molecule has 1 N–H and O–H groups in total. The zero-order valence-electron chi connectivity index (χ0n) is 28.3. The highest BCUT2D eigenvalue weighted by Gasteiger charge is 2.75. The lowest BCUT2D eigenvalue weighted by Gasteiger charge is -2.40. The molecule has 2 aromatic carbocycles. The van der Waals surface area contributed by atoms with Crippen LogP contribution in [0.15, 0.2) is 79.9 Å². The average molecular weight is 643 g/mol. The van der Waals surface area contributed by atoms with Crippen LogP contribution in [-0.4, -0.2) is 89.2 Å². The van der Waals surface area contributed by atoms with Gasteiger partial charge < -0.3 is 29.4 Å². The lowest BCUT2D eigenvalue weighted by molar-refractivity contribution is -0.148. The minimum Gasteiger partial charge on any atom is -0.394 e. The first-order chi connectivity index (χ1) is 22.7. The van der Waals surface area contributed by atoms with Gasteiger partial charge in [-0.05, 0) is 62.4 Å². The van der Waals surface area contributed by atoms with Crippen LogP contribution in [0.2, 0.25) is 0 Å². The molecular weight excluding hydrogens is 592 g/mol. The van der Waals surface area contributed by atoms with E-state index in [1.54, 1.807) is 26.9 Å². The van der Waals surface area contributed by atoms with Crippen LogP contribution in [0, 0.1) is 17.8 Å². The molecule has 3 heterocycles. The highest BCUT2D eigenvalue weighted by atomic mass is 16.5. The number of rotatable bonds is 15. The number of amides is 3. The fourth-order valence-electron chi connectivity index (χ4n) is 8.06. The lowest BCUT2D eigenvalue weighted by Crippen LogP contribution is -2.59. The fourth-order valence-corrected chi connectivity index (χ4v) is 8.06. The number of aliphatic hydroxyl groups excluding tert-OH is 1. The Hall–Kier alpha value is -3.95. The van der Waals surface area contributed by atoms with E-state index in [4.69, 9.17) is 4.74 Å². The first-order valence-corrected chi connectivity index (χ1v) is 17.0. The van der Waals surface area contributed by atoms with Crippen LogP contribution in [-0.2, 0) is 25.7 Å². The normalized spacial score (nSPS) is 25.1. The second-order valence-corrected chi connectivity index (χ2v) is 13.2. The van der Waals surface area contributed by atoms with Gasteiger partial charge in [-0.3, -0.25) is 14.4 Å². The molecule has 3 fully saturated rings. The number of nitrogens with zero attached hydrogens (tertiary/aromatic N) is 4. The Balaban J connectivity index is 1.55. The second kappa shape index (κ2) is 14.4. The summed E-state index contributed by atoms with van der Waals surface area (Å²) < 4.78 is 6.75. The van der Waals surface area contributed by atoms with E-state index in [-0.39, 0.29) is 36.8 Å². The zero-order chi connectivity index (χ0) is 33.9. The van der Waals surface area contributed by atoms with Gasteiger partial charge in [0.25, 0.3) is 5.91 Å². The van der Waals surface area contributed by atoms with Crippen molar-refractivity contribution in [1.82, 2.24) is 9.80 Å². The van der Waals surface area contributed by atoms with Crippen molar-refractivity contribution in [1.29, 1.82) is 0 Å². The van der Waals surface area contributed by atoms with Crippen LogP contribution in [0.1, 0.15) is 46.1 Å². The average Bonchev–Trinajstić information content (AvgIpc) is 3.72. The molecule has 2 unspecified atom stereocenters. The van der Waals surface area contributed by atoms with Gasteiger partial charge in [0, 0.05) is 44.1 Å². The molecule has 2 bridgehead atoms. The van der Waals surface area contributed by atoms with Gasteiger partial charge in [0.2, 0.25) is 11.8 Å². The van der Waals surface area contributed by atoms with E-state index in [0.717, 1.165) is 24.3 Å². The minimum atomic E-state index is -1.19. The number of carbonyl (C=O) groups excluding carboxylic acids is 3. The summed E-state index contributed by atoms with van der Waals surface area (Å²) in [5, 5.41) is 10.6. The first kappa shape index (κ1) is 34.4. The van der Waals surface area contributed by atoms with Crippen LogP contribution < -0.4 is 9.80 Å². The maximum absolute atomic E-state index is 14.9. The molecule has 2 aromatic rings. The molecule has 3 saturated heterocycles. The number of benzene rings is 2. The molecule has 0 aromatic heterocycles. The predicted molar refractivity (Wildman–Crippen MR) is 185 cm³/mol. The molecule has 5 rings (SSSR count). The minimum absolute atomic E-state index is 0.141. The van der Waals surface area contributed by atoms with Crippen molar-refractivity contribution in [2.24, 2.45) is 17.8 Å². The third-order valence-electron chi connectivity index (χ3n) is 10.3. The van der Waals surface area contributed by atoms with E-state index in [0.29, 0.717) is 31.6 Å². The van der Waals surface area contributed by atoms with E-state index < -0.39 is 35.6 Å². The molecule has 0 radical (unpaired) electrons. The summed E-state index contributed by atoms with van der Waals surface area (Å²) in [7, 11) is 0. The maximum atomic E-state index is 14.9. The van der Waals surface area contributed by atoms with Crippen LogP contribution >= 0.6 is 0 Å². The van der Waals surface area contributed by atoms with Crippen LogP contribution in [0.5, 0.6) is 0 Å². The molecule has 9 nitrogen and oxygen atoms in total. The molecule has 6 atom stereocenters. The van der Waals surface area contributed by atoms with Crippen molar-refractivity contribution in [3.63, 3.8) is 0 Å². The zero-order valence-corrected chi connectivity index (χ0v) is 28.3. The Labute approximate surface area is 279 Å². The van der Waals surface area contributed by atoms with E-state index in [1.165, 1.54) is 0 Å². The number of carbonyl (C=O) groups is 3. The Morgan fingerprint density at radius 2 is 1.64 bits per heavy atom. The summed E-state index contributed by atoms with van der Waals surface area (Å²) in [6.07, 6.45) is 3.93. The third-order valence-corrected chi connectivity index (χ3v) is 10.3. The van der Waals surface area contributed by atoms with Gasteiger partial charge >= 0.3 is 0 Å². The van der Waals surface area contributed by atoms with E-state index in [1.807, 2.05) is 68.4 Å². The van der Waals surface area contributed by atoms with Crippen molar-refractivity contribution in [2.45, 2.75) is 70.9 Å². The van der Waals surface area contributed by atoms with E-state index in [9.17, 15) is 19.5 Å². The summed E-state index contributed by atoms with van der Waals surface area (Å²) in [5.74, 6) is -2.49. The van der Waals surface area contributed by atoms with E-state index >= 15 is 0 Å². The highest BCUT2D eigenvalue weighted by Crippen LogP contribution is 2.59. The van der Waals surface area contributed by atoms with E-state index in [2.05, 4.69) is 31.9 Å². The van der Waals surface area contributed by atoms with Gasteiger partial charge in [0.05, 0.1) is 30.6 Å². The van der Waals surface area contributed by atoms with Gasteiger partial charge in [0.15, 0.2) is 0 Å². The standard InChI is InChI=1S/C38H50N4O5/c1-7-22-40(24-27-14-12-11-13-15-27)35(44)32-31-20-21-38(47-31)33(32)36(45)42(30(25-43)26(5)6)34(38)37(46)41(23-8-2)29-18-16-28(17-19-29)39(9-3)10-4/h7-8,11-19,26,30-34,43H,1-2,9-10,20-25H2,3-6H3/t30-,31+,32-,33-,34?,38?/m0/s1. The van der Waals surface area contributed by atoms with Crippen molar-refractivity contribution in [2.75, 3.05) is 42.6 Å². The Kier molecular flexibility index (Phi) is 10.6. The predicted octanol–water partition coefficient (Wildman–Crippen LogP) is 4.66. The van der Waals surface area contributed by atoms with Crippen molar-refractivity contribution < 1.29 is 24.2 Å². The SMILES string of the molecule is C=CCN(Cc1ccccc1)C(=O)[C@@H]1[C@H]2C(=O)N([C@@H](CO)C(C)C)C(C(=O)N(CC=C)c3ccc(N(CC)CC)cc3)C23CC[C@H]1O3. The fraction of sp³-hybridized carbons (Fsp3) is 0.500. The largest absolute Gasteiger partial charge is 0.394 e. The third kappa shape index (κ3) is 6.11. The first-order valence-electron chi connectivity index (χ1n) is 17.0. The number of ether oxygens (including phenoxy) is 1. The molecule has 47 heavy (non-hydrogen) atoms. The topological polar surface area (TPSA) is 93.6 Å². The van der Waals surface area contributed by atoms with Gasteiger partial charge in [0.1, 0.15) is 11.6 Å². The van der Waals surface area contributed by atoms with Gasteiger partial charge in [-0.1, -0.05) is 56.3 Å². The van der Waals surface area contributed by atoms with Crippen LogP contribution in [0.25, 0.3) is 0 Å². The molecule has 1 spiro atoms. The summed E-state index contributed by atoms with van der Waals surface area (Å²) in [5.41, 5.74) is 1.53. The Morgan fingerprint density at radius 3 is 2.21 bits per heavy atom. The van der Waals surface area contributed by atoms with Crippen LogP contribution in [0.4, 0.5) is 11.4 Å². The van der Waals surface area contributed by atoms with Gasteiger partial charge in [-0.2, -0.15) is 0 Å². The molecule has 3 aliphatic heterocycles. The smallest absolute Gasteiger partial charge is 0.253 e. The number of aliphatic hydroxyl groups is 1. The molecule has 3 amide bonds. The number of hydrogen-bond acceptors (Lipinski definition) is 6. The number of likely N-dealkylation sites (tertiary alicyclic amines) is 1. The molecular formula is C38H50N4O5. The number of hydrogen-bond donors (Lipinski definition) is 1.